The van der Waals surface area contributed by atoms with Crippen molar-refractivity contribution in [3.8, 4) is 0 Å². The lowest BCUT2D eigenvalue weighted by Crippen LogP contribution is -3.00. The summed E-state index contributed by atoms with van der Waals surface area (Å²) in [6, 6.07) is 133. The minimum absolute atomic E-state index is 0. The van der Waals surface area contributed by atoms with Crippen LogP contribution >= 0.6 is 43.3 Å². The molecule has 0 unspecified atom stereocenters. The molecule has 0 aliphatic carbocycles. The second kappa shape index (κ2) is 36.2. The van der Waals surface area contributed by atoms with Gasteiger partial charge in [-0.3, -0.25) is 0 Å². The molecule has 12 rings (SSSR count). The van der Waals surface area contributed by atoms with E-state index in [0.717, 1.165) is 83.4 Å². The van der Waals surface area contributed by atoms with E-state index >= 15 is 9.13 Å². The highest BCUT2D eigenvalue weighted by Crippen LogP contribution is 2.68. The SMILES string of the molecule is O=P(CC[P+](CCC[P+](CC[P+](CCC[P+](CCP(=O)(c1ccccc1)c1ccccc1)(c1ccccc1)c1ccccc1)(c1ccccc1)c1ccccc1)(c1ccccc1)c1ccccc1)(c1ccccc1)c1ccccc1)(c1ccccc1)c1ccccc1.[Cl-].[Cl-].[Cl-].[Cl-]. The van der Waals surface area contributed by atoms with Gasteiger partial charge in [-0.1, -0.05) is 267 Å². The highest BCUT2D eigenvalue weighted by molar-refractivity contribution is 7.94. The van der Waals surface area contributed by atoms with Gasteiger partial charge in [0.15, 0.2) is 0 Å². The fourth-order valence-corrected chi connectivity index (χ4v) is 41.9. The summed E-state index contributed by atoms with van der Waals surface area (Å²) in [6.07, 6.45) is 11.0. The van der Waals surface area contributed by atoms with Crippen molar-refractivity contribution in [1.29, 1.82) is 0 Å². The maximum atomic E-state index is 16.2. The molecule has 0 saturated heterocycles. The molecule has 490 valence electrons. The largest absolute Gasteiger partial charge is 1.00 e. The molecular weight excluding hydrogens is 1370 g/mol. The smallest absolute Gasteiger partial charge is 0.146 e. The van der Waals surface area contributed by atoms with Crippen LogP contribution in [0, 0.1) is 0 Å². The summed E-state index contributed by atoms with van der Waals surface area (Å²) in [7, 11) is -15.1. The average Bonchev–Trinajstić information content (AvgIpc) is 0.757. The number of halogens is 4. The summed E-state index contributed by atoms with van der Waals surface area (Å²) >= 11 is 0. The van der Waals surface area contributed by atoms with Crippen LogP contribution in [-0.2, 0) is 9.13 Å². The van der Waals surface area contributed by atoms with Gasteiger partial charge in [-0.15, -0.1) is 0 Å². The van der Waals surface area contributed by atoms with E-state index in [0.29, 0.717) is 12.3 Å². The molecule has 12 heteroatoms. The Morgan fingerprint density at radius 1 is 0.177 bits per heavy atom. The fourth-order valence-electron chi connectivity index (χ4n) is 14.5. The van der Waals surface area contributed by atoms with Crippen LogP contribution in [0.25, 0.3) is 0 Å². The van der Waals surface area contributed by atoms with Gasteiger partial charge >= 0.3 is 0 Å². The van der Waals surface area contributed by atoms with E-state index in [1.165, 1.54) is 42.4 Å². The van der Waals surface area contributed by atoms with Crippen molar-refractivity contribution in [2.75, 3.05) is 61.6 Å². The monoisotopic (exact) mass is 1450 g/mol. The van der Waals surface area contributed by atoms with Crippen LogP contribution in [0.15, 0.2) is 364 Å². The van der Waals surface area contributed by atoms with Gasteiger partial charge in [-0.2, -0.15) is 0 Å². The minimum atomic E-state index is -3.07. The summed E-state index contributed by atoms with van der Waals surface area (Å²) in [5, 5.41) is 15.1. The van der Waals surface area contributed by atoms with Crippen LogP contribution < -0.4 is 113 Å². The summed E-state index contributed by atoms with van der Waals surface area (Å²) < 4.78 is 32.4. The van der Waals surface area contributed by atoms with Crippen LogP contribution in [-0.4, -0.2) is 61.6 Å². The maximum Gasteiger partial charge on any atom is 0.146 e. The van der Waals surface area contributed by atoms with Gasteiger partial charge in [-0.05, 0) is 97.1 Å². The second-order valence-electron chi connectivity index (χ2n) is 24.3. The molecule has 0 amide bonds. The number of benzene rings is 12. The molecule has 0 aliphatic heterocycles. The molecule has 96 heavy (non-hydrogen) atoms. The van der Waals surface area contributed by atoms with Crippen LogP contribution in [0.3, 0.4) is 0 Å². The van der Waals surface area contributed by atoms with E-state index in [1.54, 1.807) is 0 Å². The van der Waals surface area contributed by atoms with Crippen LogP contribution in [0.5, 0.6) is 0 Å². The molecule has 2 nitrogen and oxygen atoms in total. The molecule has 12 aromatic carbocycles. The zero-order valence-electron chi connectivity index (χ0n) is 54.1. The third-order valence-corrected chi connectivity index (χ3v) is 45.2. The van der Waals surface area contributed by atoms with Crippen molar-refractivity contribution in [3.05, 3.63) is 364 Å². The van der Waals surface area contributed by atoms with E-state index in [-0.39, 0.29) is 49.6 Å². The second-order valence-corrected chi connectivity index (χ2v) is 45.7. The number of rotatable bonds is 29. The van der Waals surface area contributed by atoms with Gasteiger partial charge in [0.05, 0.1) is 108 Å². The number of hydrogen-bond donors (Lipinski definition) is 0. The van der Waals surface area contributed by atoms with Gasteiger partial charge in [0, 0.05) is 46.4 Å². The highest BCUT2D eigenvalue weighted by Gasteiger charge is 2.53. The van der Waals surface area contributed by atoms with E-state index in [1.807, 2.05) is 24.3 Å². The third-order valence-electron chi connectivity index (χ3n) is 19.3. The quantitative estimate of drug-likeness (QED) is 0.0650. The molecule has 0 bridgehead atoms. The van der Waals surface area contributed by atoms with Crippen LogP contribution in [0.2, 0.25) is 0 Å². The van der Waals surface area contributed by atoms with Crippen molar-refractivity contribution in [1.82, 2.24) is 0 Å². The fraction of sp³-hybridized carbons (Fsp3) is 0.143. The predicted molar refractivity (Wildman–Crippen MR) is 414 cm³/mol. The molecule has 0 aromatic heterocycles. The Kier molecular flexibility index (Phi) is 28.5. The summed E-state index contributed by atoms with van der Waals surface area (Å²) in [4.78, 5) is 0. The highest BCUT2D eigenvalue weighted by atomic mass is 35.5. The topological polar surface area (TPSA) is 34.1 Å². The van der Waals surface area contributed by atoms with Crippen LogP contribution in [0.1, 0.15) is 12.8 Å². The summed E-state index contributed by atoms with van der Waals surface area (Å²) in [5.74, 6) is 0. The Balaban J connectivity index is 0.00000295. The Labute approximate surface area is 599 Å². The van der Waals surface area contributed by atoms with Gasteiger partial charge < -0.3 is 58.8 Å². The maximum absolute atomic E-state index is 16.2. The van der Waals surface area contributed by atoms with Crippen molar-refractivity contribution in [2.45, 2.75) is 12.8 Å². The Bertz CT molecular complexity index is 3750. The third kappa shape index (κ3) is 16.8. The van der Waals surface area contributed by atoms with Crippen molar-refractivity contribution in [3.63, 3.8) is 0 Å². The van der Waals surface area contributed by atoms with Gasteiger partial charge in [0.1, 0.15) is 26.6 Å². The molecule has 0 N–H and O–H groups in total. The van der Waals surface area contributed by atoms with Crippen molar-refractivity contribution < 1.29 is 58.8 Å². The Morgan fingerprint density at radius 2 is 0.312 bits per heavy atom. The first-order valence-electron chi connectivity index (χ1n) is 32.6. The minimum Gasteiger partial charge on any atom is -1.00 e. The Morgan fingerprint density at radius 3 is 0.469 bits per heavy atom. The lowest BCUT2D eigenvalue weighted by atomic mass is 10.4. The summed E-state index contributed by atoms with van der Waals surface area (Å²) in [6.45, 7) is 0. The zero-order chi connectivity index (χ0) is 62.8. The van der Waals surface area contributed by atoms with E-state index in [4.69, 9.17) is 0 Å². The molecule has 0 radical (unpaired) electrons. The average molecular weight is 1450 g/mol. The van der Waals surface area contributed by atoms with Crippen LogP contribution in [0.4, 0.5) is 0 Å². The van der Waals surface area contributed by atoms with Crippen molar-refractivity contribution in [2.24, 2.45) is 0 Å². The van der Waals surface area contributed by atoms with E-state index < -0.39 is 43.3 Å². The zero-order valence-corrected chi connectivity index (χ0v) is 62.5. The normalized spacial score (nSPS) is 11.8. The number of hydrogen-bond acceptors (Lipinski definition) is 2. The lowest BCUT2D eigenvalue weighted by Gasteiger charge is -2.34. The van der Waals surface area contributed by atoms with Gasteiger partial charge in [-0.25, -0.2) is 0 Å². The molecule has 0 saturated carbocycles. The van der Waals surface area contributed by atoms with E-state index in [9.17, 15) is 0 Å². The lowest BCUT2D eigenvalue weighted by molar-refractivity contribution is -0.00100. The standard InChI is InChI=1S/C84H84O2P6.4ClH/c85-91(81-55-29-9-30-56-81,82-57-31-10-32-58-82)71-69-89(77-47-21-5-22-48-77,78-49-23-6-24-50-78)65-37-63-87(73-39-13-1-14-40-73,74-41-15-2-16-42-74)67-68-88(75-43-17-3-18-44-75,76-45-19-4-20-46-76)64-38-66-90(79-51-25-7-26-52-79,80-53-27-8-28-54-80)70-72-92(86,83-59-33-11-34-60-83)84-61-35-12-36-62-84;;;;/h1-36,39-62H,37-38,63-72H2;4*1H/q+4;;;;/p-4. The van der Waals surface area contributed by atoms with Gasteiger partial charge in [0.2, 0.25) is 0 Å². The summed E-state index contributed by atoms with van der Waals surface area (Å²) in [5.41, 5.74) is 0. The van der Waals surface area contributed by atoms with Gasteiger partial charge in [0.25, 0.3) is 0 Å². The molecule has 0 aliphatic rings. The first-order chi connectivity index (χ1) is 45.3. The Hall–Kier alpha value is -6.02. The first kappa shape index (κ1) is 75.7. The predicted octanol–water partition coefficient (Wildman–Crippen LogP) is 4.49. The molecule has 0 heterocycles. The molecular formula is C84H84Cl4O2P6. The molecule has 0 atom stereocenters. The first-order valence-corrected chi connectivity index (χ1v) is 45.1. The van der Waals surface area contributed by atoms with E-state index in [2.05, 4.69) is 340 Å². The molecule has 0 spiro atoms. The molecule has 12 aromatic rings. The van der Waals surface area contributed by atoms with Crippen molar-refractivity contribution >= 4 is 107 Å². The molecule has 0 fully saturated rings.